The van der Waals surface area contributed by atoms with Crippen molar-refractivity contribution in [2.75, 3.05) is 11.4 Å². The number of benzene rings is 2. The van der Waals surface area contributed by atoms with Crippen LogP contribution in [0.3, 0.4) is 0 Å². The van der Waals surface area contributed by atoms with Gasteiger partial charge in [0.05, 0.1) is 34.5 Å². The normalized spacial score (nSPS) is 18.1. The van der Waals surface area contributed by atoms with Gasteiger partial charge in [0, 0.05) is 24.2 Å². The third-order valence-corrected chi connectivity index (χ3v) is 6.08. The number of alkyl halides is 3. The number of Topliss-reactive ketones (excluding diaryl/α,β-unsaturated/α-hetero) is 1. The van der Waals surface area contributed by atoms with Gasteiger partial charge < -0.3 is 10.4 Å². The Balaban J connectivity index is 1.89. The highest BCUT2D eigenvalue weighted by Gasteiger charge is 2.48. The van der Waals surface area contributed by atoms with Crippen LogP contribution in [0.2, 0.25) is 0 Å². The average Bonchev–Trinajstić information content (AvgIpc) is 3.21. The zero-order chi connectivity index (χ0) is 27.1. The number of ketones is 1. The first kappa shape index (κ1) is 25.9. The van der Waals surface area contributed by atoms with E-state index in [2.05, 4.69) is 5.32 Å². The van der Waals surface area contributed by atoms with Gasteiger partial charge in [0.15, 0.2) is 5.78 Å². The molecule has 1 aliphatic heterocycles. The fraction of sp³-hybridized carbons (Fsp3) is 0.308. The average molecular weight is 512 g/mol. The quantitative estimate of drug-likeness (QED) is 0.619. The van der Waals surface area contributed by atoms with Crippen molar-refractivity contribution in [1.82, 2.24) is 10.2 Å². The fourth-order valence-corrected chi connectivity index (χ4v) is 4.39. The van der Waals surface area contributed by atoms with Gasteiger partial charge in [-0.25, -0.2) is 14.5 Å². The molecule has 1 heterocycles. The largest absolute Gasteiger partial charge is 0.416 e. The van der Waals surface area contributed by atoms with Crippen LogP contribution in [-0.4, -0.2) is 40.0 Å². The lowest BCUT2D eigenvalue weighted by molar-refractivity contribution is -0.137. The van der Waals surface area contributed by atoms with Crippen molar-refractivity contribution in [3.05, 3.63) is 76.5 Å². The van der Waals surface area contributed by atoms with E-state index in [9.17, 15) is 32.7 Å². The molecule has 0 saturated carbocycles. The van der Waals surface area contributed by atoms with Crippen molar-refractivity contribution in [2.45, 2.75) is 44.5 Å². The minimum atomic E-state index is -4.67. The number of amides is 4. The number of allylic oxidation sites excluding steroid dienone is 1. The van der Waals surface area contributed by atoms with Crippen LogP contribution in [0.5, 0.6) is 0 Å². The highest BCUT2D eigenvalue weighted by Crippen LogP contribution is 2.45. The molecule has 0 fully saturated rings. The summed E-state index contributed by atoms with van der Waals surface area (Å²) in [6.07, 6.45) is -4.56. The van der Waals surface area contributed by atoms with Gasteiger partial charge in [-0.05, 0) is 56.2 Å². The van der Waals surface area contributed by atoms with Gasteiger partial charge in [-0.1, -0.05) is 18.2 Å². The number of aliphatic hydroxyl groups is 1. The molecule has 0 bridgehead atoms. The van der Waals surface area contributed by atoms with Crippen LogP contribution in [0.4, 0.5) is 28.4 Å². The van der Waals surface area contributed by atoms with E-state index < -0.39 is 35.4 Å². The maximum absolute atomic E-state index is 13.9. The number of hydrogen-bond donors (Lipinski definition) is 2. The summed E-state index contributed by atoms with van der Waals surface area (Å²) in [7, 11) is 0. The number of carbonyl (C=O) groups excluding carboxylic acids is 3. The van der Waals surface area contributed by atoms with Crippen LogP contribution in [0.15, 0.2) is 59.8 Å². The Hall–Kier alpha value is -4.17. The summed E-state index contributed by atoms with van der Waals surface area (Å²) in [5, 5.41) is 21.7. The smallest absolute Gasteiger partial charge is 0.389 e. The third-order valence-electron chi connectivity index (χ3n) is 6.08. The van der Waals surface area contributed by atoms with Crippen molar-refractivity contribution in [1.29, 1.82) is 5.26 Å². The molecule has 4 amide bonds. The van der Waals surface area contributed by atoms with E-state index in [1.54, 1.807) is 0 Å². The van der Waals surface area contributed by atoms with E-state index >= 15 is 0 Å². The minimum Gasteiger partial charge on any atom is -0.389 e. The van der Waals surface area contributed by atoms with Gasteiger partial charge in [-0.2, -0.15) is 18.4 Å². The lowest BCUT2D eigenvalue weighted by Crippen LogP contribution is -2.56. The molecule has 0 aromatic heterocycles. The molecule has 1 aliphatic carbocycles. The fourth-order valence-electron chi connectivity index (χ4n) is 4.39. The minimum absolute atomic E-state index is 0.0132. The maximum atomic E-state index is 13.9. The standard InChI is InChI=1S/C26H23F3N4O4/c1-25(2,37)14-31-23(35)33-22(16-8-6-15(13-30)7-9-16)21-19(10-11-20(21)34)32(24(33)36)18-5-3-4-17(12-18)26(27,28)29/h3-9,12,22,37H,10-11,14H2,1-2H3,(H,31,35). The van der Waals surface area contributed by atoms with Gasteiger partial charge in [0.1, 0.15) is 0 Å². The van der Waals surface area contributed by atoms with E-state index in [4.69, 9.17) is 5.26 Å². The van der Waals surface area contributed by atoms with Gasteiger partial charge in [0.2, 0.25) is 0 Å². The molecule has 8 nitrogen and oxygen atoms in total. The Kier molecular flexibility index (Phi) is 6.56. The maximum Gasteiger partial charge on any atom is 0.416 e. The number of nitriles is 1. The summed E-state index contributed by atoms with van der Waals surface area (Å²) in [5.74, 6) is -0.353. The van der Waals surface area contributed by atoms with Crippen molar-refractivity contribution >= 4 is 23.5 Å². The summed E-state index contributed by atoms with van der Waals surface area (Å²) in [5.41, 5.74) is -1.43. The lowest BCUT2D eigenvalue weighted by Gasteiger charge is -2.41. The van der Waals surface area contributed by atoms with Gasteiger partial charge in [-0.15, -0.1) is 0 Å². The number of rotatable bonds is 4. The molecule has 2 aliphatic rings. The molecule has 1 unspecified atom stereocenters. The van der Waals surface area contributed by atoms with Crippen LogP contribution < -0.4 is 10.2 Å². The molecule has 4 rings (SSSR count). The summed E-state index contributed by atoms with van der Waals surface area (Å²) in [4.78, 5) is 42.0. The van der Waals surface area contributed by atoms with E-state index in [0.29, 0.717) is 11.1 Å². The number of nitrogens with zero attached hydrogens (tertiary/aromatic N) is 3. The lowest BCUT2D eigenvalue weighted by atomic mass is 9.92. The summed E-state index contributed by atoms with van der Waals surface area (Å²) in [6.45, 7) is 2.65. The van der Waals surface area contributed by atoms with Crippen LogP contribution in [0.1, 0.15) is 49.4 Å². The molecular formula is C26H23F3N4O4. The van der Waals surface area contributed by atoms with E-state index in [1.807, 2.05) is 6.07 Å². The molecular weight excluding hydrogens is 489 g/mol. The molecule has 0 radical (unpaired) electrons. The van der Waals surface area contributed by atoms with Crippen molar-refractivity contribution in [3.8, 4) is 6.07 Å². The van der Waals surface area contributed by atoms with E-state index in [1.165, 1.54) is 44.2 Å². The summed E-state index contributed by atoms with van der Waals surface area (Å²) in [6, 6.07) is 9.00. The highest BCUT2D eigenvalue weighted by molar-refractivity contribution is 6.12. The zero-order valence-electron chi connectivity index (χ0n) is 20.0. The summed E-state index contributed by atoms with van der Waals surface area (Å²) < 4.78 is 40.3. The number of nitrogens with one attached hydrogen (secondary N) is 1. The number of anilines is 1. The Labute approximate surface area is 210 Å². The predicted molar refractivity (Wildman–Crippen MR) is 126 cm³/mol. The molecule has 11 heteroatoms. The molecule has 2 N–H and O–H groups in total. The predicted octanol–water partition coefficient (Wildman–Crippen LogP) is 4.66. The summed E-state index contributed by atoms with van der Waals surface area (Å²) >= 11 is 0. The monoisotopic (exact) mass is 512 g/mol. The first-order valence-electron chi connectivity index (χ1n) is 11.4. The Morgan fingerprint density at radius 3 is 2.41 bits per heavy atom. The number of urea groups is 2. The van der Waals surface area contributed by atoms with Crippen LogP contribution >= 0.6 is 0 Å². The van der Waals surface area contributed by atoms with E-state index in [-0.39, 0.29) is 42.1 Å². The van der Waals surface area contributed by atoms with Crippen LogP contribution in [-0.2, 0) is 11.0 Å². The van der Waals surface area contributed by atoms with Crippen molar-refractivity contribution < 1.29 is 32.7 Å². The Bertz CT molecular complexity index is 1340. The van der Waals surface area contributed by atoms with Crippen molar-refractivity contribution in [2.24, 2.45) is 0 Å². The first-order chi connectivity index (χ1) is 17.3. The molecule has 0 spiro atoms. The number of halogens is 3. The number of carbonyl (C=O) groups is 3. The van der Waals surface area contributed by atoms with Gasteiger partial charge in [-0.3, -0.25) is 9.69 Å². The van der Waals surface area contributed by atoms with Crippen LogP contribution in [0, 0.1) is 11.3 Å². The Morgan fingerprint density at radius 1 is 1.14 bits per heavy atom. The molecule has 192 valence electrons. The van der Waals surface area contributed by atoms with Gasteiger partial charge in [0.25, 0.3) is 0 Å². The van der Waals surface area contributed by atoms with E-state index in [0.717, 1.165) is 28.0 Å². The van der Waals surface area contributed by atoms with Crippen molar-refractivity contribution in [3.63, 3.8) is 0 Å². The van der Waals surface area contributed by atoms with Gasteiger partial charge >= 0.3 is 18.2 Å². The second-order valence-electron chi connectivity index (χ2n) is 9.43. The molecule has 2 aromatic carbocycles. The number of imide groups is 1. The second-order valence-corrected chi connectivity index (χ2v) is 9.43. The highest BCUT2D eigenvalue weighted by atomic mass is 19.4. The molecule has 2 aromatic rings. The molecule has 0 saturated heterocycles. The van der Waals surface area contributed by atoms with Crippen LogP contribution in [0.25, 0.3) is 0 Å². The zero-order valence-corrected chi connectivity index (χ0v) is 20.0. The second kappa shape index (κ2) is 9.37. The topological polar surface area (TPSA) is 114 Å². The molecule has 37 heavy (non-hydrogen) atoms. The number of hydrogen-bond acceptors (Lipinski definition) is 5. The first-order valence-corrected chi connectivity index (χ1v) is 11.4. The third kappa shape index (κ3) is 5.06. The molecule has 1 atom stereocenters. The SMILES string of the molecule is CC(C)(O)CNC(=O)N1C(=O)N(c2cccc(C(F)(F)F)c2)C2=C(C(=O)CC2)C1c1ccc(C#N)cc1. The Morgan fingerprint density at radius 2 is 1.81 bits per heavy atom.